The summed E-state index contributed by atoms with van der Waals surface area (Å²) in [6, 6.07) is 14.0. The van der Waals surface area contributed by atoms with E-state index in [1.54, 1.807) is 6.26 Å². The monoisotopic (exact) mass is 562 g/mol. The molecule has 1 aliphatic heterocycles. The third-order valence-corrected chi connectivity index (χ3v) is 5.15. The molecule has 0 saturated carbocycles. The van der Waals surface area contributed by atoms with Crippen molar-refractivity contribution in [3.05, 3.63) is 66.2 Å². The number of nitrogens with zero attached hydrogens (tertiary/aromatic N) is 4. The minimum Gasteiger partial charge on any atom is -0.444 e. The summed E-state index contributed by atoms with van der Waals surface area (Å²) >= 11 is 0. The summed E-state index contributed by atoms with van der Waals surface area (Å²) in [7, 11) is 0. The fourth-order valence-corrected chi connectivity index (χ4v) is 3.55. The first-order chi connectivity index (χ1) is 15.7. The third-order valence-electron chi connectivity index (χ3n) is 5.15. The maximum atomic E-state index is 5.64. The van der Waals surface area contributed by atoms with Crippen LogP contribution < -0.4 is 15.5 Å². The first-order valence-corrected chi connectivity index (χ1v) is 11.0. The van der Waals surface area contributed by atoms with E-state index in [0.717, 1.165) is 54.8 Å². The number of hydrogen-bond acceptors (Lipinski definition) is 6. The lowest BCUT2D eigenvalue weighted by Gasteiger charge is -2.32. The van der Waals surface area contributed by atoms with E-state index in [9.17, 15) is 0 Å². The molecule has 9 heteroatoms. The predicted octanol–water partition coefficient (Wildman–Crippen LogP) is 3.84. The van der Waals surface area contributed by atoms with Gasteiger partial charge >= 0.3 is 0 Å². The van der Waals surface area contributed by atoms with Crippen LogP contribution in [-0.4, -0.2) is 48.3 Å². The molecule has 3 heterocycles. The summed E-state index contributed by atoms with van der Waals surface area (Å²) in [5.74, 6) is 2.32. The van der Waals surface area contributed by atoms with Crippen LogP contribution in [0.3, 0.4) is 0 Å². The van der Waals surface area contributed by atoms with Crippen LogP contribution >= 0.6 is 24.0 Å². The molecular weight excluding hydrogens is 531 g/mol. The van der Waals surface area contributed by atoms with Crippen LogP contribution in [0.4, 0.5) is 5.82 Å². The molecule has 3 aromatic rings. The fourth-order valence-electron chi connectivity index (χ4n) is 3.55. The summed E-state index contributed by atoms with van der Waals surface area (Å²) in [6.07, 6.45) is 3.74. The molecule has 33 heavy (non-hydrogen) atoms. The highest BCUT2D eigenvalue weighted by Gasteiger charge is 2.18. The fraction of sp³-hybridized carbons (Fsp3) is 0.375. The Hall–Kier alpha value is -2.66. The summed E-state index contributed by atoms with van der Waals surface area (Å²) < 4.78 is 11.3. The van der Waals surface area contributed by atoms with Gasteiger partial charge in [-0.1, -0.05) is 18.2 Å². The molecule has 0 radical (unpaired) electrons. The Labute approximate surface area is 211 Å². The van der Waals surface area contributed by atoms with Crippen LogP contribution in [0.5, 0.6) is 0 Å². The van der Waals surface area contributed by atoms with Crippen molar-refractivity contribution in [3.63, 3.8) is 0 Å². The van der Waals surface area contributed by atoms with Gasteiger partial charge in [0.05, 0.1) is 31.5 Å². The van der Waals surface area contributed by atoms with Gasteiger partial charge in [-0.2, -0.15) is 0 Å². The number of aliphatic imine (C=N–C) groups is 1. The number of pyridine rings is 1. The molecule has 0 spiro atoms. The van der Waals surface area contributed by atoms with Crippen molar-refractivity contribution in [2.24, 2.45) is 4.99 Å². The minimum absolute atomic E-state index is 0. The van der Waals surface area contributed by atoms with Crippen molar-refractivity contribution in [2.75, 3.05) is 31.1 Å². The van der Waals surface area contributed by atoms with Crippen LogP contribution in [0, 0.1) is 0 Å². The first-order valence-electron chi connectivity index (χ1n) is 11.0. The summed E-state index contributed by atoms with van der Waals surface area (Å²) in [5.41, 5.74) is 2.89. The predicted molar refractivity (Wildman–Crippen MR) is 141 cm³/mol. The van der Waals surface area contributed by atoms with Gasteiger partial charge in [-0.15, -0.1) is 24.0 Å². The van der Waals surface area contributed by atoms with Crippen molar-refractivity contribution < 1.29 is 9.15 Å². The molecule has 2 aromatic heterocycles. The van der Waals surface area contributed by atoms with Gasteiger partial charge in [-0.25, -0.2) is 15.0 Å². The maximum absolute atomic E-state index is 5.64. The molecule has 1 atom stereocenters. The Bertz CT molecular complexity index is 1030. The highest BCUT2D eigenvalue weighted by molar-refractivity contribution is 14.0. The number of guanidine groups is 1. The van der Waals surface area contributed by atoms with E-state index in [1.807, 2.05) is 49.5 Å². The molecule has 1 unspecified atom stereocenters. The largest absolute Gasteiger partial charge is 0.444 e. The molecule has 1 saturated heterocycles. The standard InChI is InChI=1S/C24H30N6O2.HI/c1-3-25-24(28-15-21-17-32-23(29-21)20-7-5-4-6-8-20)27-14-19-9-10-26-22(13-19)30-11-12-31-18(2)16-30;/h4-10,13,17-18H,3,11-12,14-16H2,1-2H3,(H2,25,27,28);1H. The first kappa shape index (κ1) is 25.0. The number of ether oxygens (including phenoxy) is 1. The Balaban J connectivity index is 0.00000306. The number of rotatable bonds is 7. The van der Waals surface area contributed by atoms with E-state index in [-0.39, 0.29) is 30.1 Å². The van der Waals surface area contributed by atoms with Crippen LogP contribution in [-0.2, 0) is 17.8 Å². The van der Waals surface area contributed by atoms with Crippen LogP contribution in [0.15, 0.2) is 64.3 Å². The molecule has 1 aliphatic rings. The Kier molecular flexibility index (Phi) is 9.49. The van der Waals surface area contributed by atoms with Gasteiger partial charge in [0.15, 0.2) is 5.96 Å². The lowest BCUT2D eigenvalue weighted by molar-refractivity contribution is 0.0529. The van der Waals surface area contributed by atoms with Crippen LogP contribution in [0.1, 0.15) is 25.1 Å². The zero-order chi connectivity index (χ0) is 22.2. The Morgan fingerprint density at radius 3 is 2.85 bits per heavy atom. The van der Waals surface area contributed by atoms with Crippen molar-refractivity contribution in [1.29, 1.82) is 0 Å². The number of nitrogens with one attached hydrogen (secondary N) is 2. The quantitative estimate of drug-likeness (QED) is 0.257. The average Bonchev–Trinajstić information content (AvgIpc) is 3.31. The number of anilines is 1. The van der Waals surface area contributed by atoms with Crippen LogP contribution in [0.2, 0.25) is 0 Å². The van der Waals surface area contributed by atoms with Gasteiger partial charge in [0.1, 0.15) is 12.1 Å². The molecule has 0 aliphatic carbocycles. The lowest BCUT2D eigenvalue weighted by Crippen LogP contribution is -2.41. The van der Waals surface area contributed by atoms with Gasteiger partial charge in [0.2, 0.25) is 5.89 Å². The van der Waals surface area contributed by atoms with E-state index < -0.39 is 0 Å². The van der Waals surface area contributed by atoms with E-state index >= 15 is 0 Å². The SMILES string of the molecule is CCNC(=NCc1ccnc(N2CCOC(C)C2)c1)NCc1coc(-c2ccccc2)n1.I. The molecule has 1 fully saturated rings. The number of halogens is 1. The summed E-state index contributed by atoms with van der Waals surface area (Å²) in [4.78, 5) is 16.1. The molecular formula is C24H31IN6O2. The second kappa shape index (κ2) is 12.5. The summed E-state index contributed by atoms with van der Waals surface area (Å²) in [6.45, 7) is 8.43. The number of benzene rings is 1. The lowest BCUT2D eigenvalue weighted by atomic mass is 10.2. The summed E-state index contributed by atoms with van der Waals surface area (Å²) in [5, 5.41) is 6.61. The topological polar surface area (TPSA) is 87.8 Å². The van der Waals surface area contributed by atoms with E-state index in [1.165, 1.54) is 0 Å². The number of morpholine rings is 1. The smallest absolute Gasteiger partial charge is 0.226 e. The zero-order valence-corrected chi connectivity index (χ0v) is 21.4. The van der Waals surface area contributed by atoms with Crippen LogP contribution in [0.25, 0.3) is 11.5 Å². The van der Waals surface area contributed by atoms with E-state index in [0.29, 0.717) is 19.0 Å². The van der Waals surface area contributed by atoms with Gasteiger partial charge < -0.3 is 24.7 Å². The van der Waals surface area contributed by atoms with Crippen molar-refractivity contribution in [3.8, 4) is 11.5 Å². The number of oxazole rings is 1. The maximum Gasteiger partial charge on any atom is 0.226 e. The Morgan fingerprint density at radius 2 is 2.06 bits per heavy atom. The molecule has 176 valence electrons. The second-order valence-corrected chi connectivity index (χ2v) is 7.71. The van der Waals surface area contributed by atoms with Gasteiger partial charge in [-0.3, -0.25) is 0 Å². The molecule has 1 aromatic carbocycles. The van der Waals surface area contributed by atoms with Crippen molar-refractivity contribution in [1.82, 2.24) is 20.6 Å². The molecule has 4 rings (SSSR count). The molecule has 0 amide bonds. The van der Waals surface area contributed by atoms with Crippen molar-refractivity contribution in [2.45, 2.75) is 33.0 Å². The number of hydrogen-bond donors (Lipinski definition) is 2. The molecule has 8 nitrogen and oxygen atoms in total. The highest BCUT2D eigenvalue weighted by Crippen LogP contribution is 2.18. The third kappa shape index (κ3) is 7.16. The van der Waals surface area contributed by atoms with Gasteiger partial charge in [0, 0.05) is 31.4 Å². The van der Waals surface area contributed by atoms with Gasteiger partial charge in [0.25, 0.3) is 0 Å². The van der Waals surface area contributed by atoms with Crippen molar-refractivity contribution >= 4 is 35.8 Å². The minimum atomic E-state index is 0. The molecule has 0 bridgehead atoms. The van der Waals surface area contributed by atoms with Gasteiger partial charge in [-0.05, 0) is 43.7 Å². The van der Waals surface area contributed by atoms with E-state index in [2.05, 4.69) is 38.5 Å². The average molecular weight is 562 g/mol. The molecule has 2 N–H and O–H groups in total. The van der Waals surface area contributed by atoms with E-state index in [4.69, 9.17) is 14.1 Å². The second-order valence-electron chi connectivity index (χ2n) is 7.71. The normalized spacial score (nSPS) is 16.2. The number of aromatic nitrogens is 2. The highest BCUT2D eigenvalue weighted by atomic mass is 127. The zero-order valence-electron chi connectivity index (χ0n) is 19.0. The Morgan fingerprint density at radius 1 is 1.21 bits per heavy atom.